The third-order valence-electron chi connectivity index (χ3n) is 4.84. The second-order valence-corrected chi connectivity index (χ2v) is 7.18. The highest BCUT2D eigenvalue weighted by atomic mass is 16.5. The fourth-order valence-electron chi connectivity index (χ4n) is 3.08. The molecule has 0 heterocycles. The monoisotopic (exact) mass is 239 g/mol. The van der Waals surface area contributed by atoms with Gasteiger partial charge >= 0.3 is 0 Å². The molecule has 2 aliphatic rings. The fourth-order valence-corrected chi connectivity index (χ4v) is 3.08. The molecule has 2 fully saturated rings. The first kappa shape index (κ1) is 13.4. The van der Waals surface area contributed by atoms with Gasteiger partial charge in [-0.05, 0) is 49.9 Å². The molecule has 1 N–H and O–H groups in total. The Labute approximate surface area is 107 Å². The SMILES string of the molecule is COC1(CNC2CC2)CCC(C(C)(C)C)CC1. The summed E-state index contributed by atoms with van der Waals surface area (Å²) in [6, 6.07) is 0.794. The van der Waals surface area contributed by atoms with Crippen LogP contribution in [0.15, 0.2) is 0 Å². The molecule has 17 heavy (non-hydrogen) atoms. The minimum absolute atomic E-state index is 0.129. The fraction of sp³-hybridized carbons (Fsp3) is 1.00. The van der Waals surface area contributed by atoms with Gasteiger partial charge in [0.25, 0.3) is 0 Å². The molecule has 0 saturated heterocycles. The van der Waals surface area contributed by atoms with Crippen molar-refractivity contribution in [3.63, 3.8) is 0 Å². The van der Waals surface area contributed by atoms with Gasteiger partial charge in [-0.15, -0.1) is 0 Å². The molecule has 0 aromatic carbocycles. The summed E-state index contributed by atoms with van der Waals surface area (Å²) in [5.74, 6) is 0.867. The molecule has 2 nitrogen and oxygen atoms in total. The quantitative estimate of drug-likeness (QED) is 0.812. The molecule has 0 aromatic heterocycles. The van der Waals surface area contributed by atoms with Crippen molar-refractivity contribution in [3.05, 3.63) is 0 Å². The van der Waals surface area contributed by atoms with Crippen molar-refractivity contribution >= 4 is 0 Å². The van der Waals surface area contributed by atoms with E-state index in [1.807, 2.05) is 7.11 Å². The lowest BCUT2D eigenvalue weighted by molar-refractivity contribution is -0.0583. The molecule has 0 aromatic rings. The lowest BCUT2D eigenvalue weighted by Gasteiger charge is -2.43. The van der Waals surface area contributed by atoms with Gasteiger partial charge in [0, 0.05) is 19.7 Å². The summed E-state index contributed by atoms with van der Waals surface area (Å²) in [5, 5.41) is 3.65. The zero-order valence-electron chi connectivity index (χ0n) is 12.0. The lowest BCUT2D eigenvalue weighted by atomic mass is 9.68. The van der Waals surface area contributed by atoms with Crippen LogP contribution in [-0.2, 0) is 4.74 Å². The van der Waals surface area contributed by atoms with Gasteiger partial charge in [-0.2, -0.15) is 0 Å². The number of hydrogen-bond acceptors (Lipinski definition) is 2. The molecule has 0 unspecified atom stereocenters. The zero-order valence-corrected chi connectivity index (χ0v) is 12.0. The number of methoxy groups -OCH3 is 1. The highest BCUT2D eigenvalue weighted by Crippen LogP contribution is 2.42. The minimum Gasteiger partial charge on any atom is -0.377 e. The van der Waals surface area contributed by atoms with Crippen molar-refractivity contribution in [2.45, 2.75) is 70.9 Å². The number of hydrogen-bond donors (Lipinski definition) is 1. The standard InChI is InChI=1S/C15H29NO/c1-14(2,3)12-7-9-15(17-4,10-8-12)11-16-13-5-6-13/h12-13,16H,5-11H2,1-4H3. The third kappa shape index (κ3) is 3.45. The molecular weight excluding hydrogens is 210 g/mol. The summed E-state index contributed by atoms with van der Waals surface area (Å²) in [4.78, 5) is 0. The summed E-state index contributed by atoms with van der Waals surface area (Å²) >= 11 is 0. The predicted molar refractivity (Wildman–Crippen MR) is 72.2 cm³/mol. The van der Waals surface area contributed by atoms with Gasteiger partial charge in [-0.1, -0.05) is 20.8 Å². The molecule has 0 bridgehead atoms. The Hall–Kier alpha value is -0.0800. The van der Waals surface area contributed by atoms with Gasteiger partial charge < -0.3 is 10.1 Å². The van der Waals surface area contributed by atoms with Crippen LogP contribution in [-0.4, -0.2) is 25.3 Å². The molecular formula is C15H29NO. The molecule has 2 aliphatic carbocycles. The van der Waals surface area contributed by atoms with Gasteiger partial charge in [-0.3, -0.25) is 0 Å². The Balaban J connectivity index is 1.84. The summed E-state index contributed by atoms with van der Waals surface area (Å²) in [7, 11) is 1.89. The van der Waals surface area contributed by atoms with Crippen LogP contribution in [0.5, 0.6) is 0 Å². The lowest BCUT2D eigenvalue weighted by Crippen LogP contribution is -2.47. The smallest absolute Gasteiger partial charge is 0.0802 e. The topological polar surface area (TPSA) is 21.3 Å². The maximum Gasteiger partial charge on any atom is 0.0802 e. The van der Waals surface area contributed by atoms with E-state index in [-0.39, 0.29) is 5.60 Å². The predicted octanol–water partition coefficient (Wildman–Crippen LogP) is 3.36. The first-order valence-electron chi connectivity index (χ1n) is 7.24. The Morgan fingerprint density at radius 3 is 2.12 bits per heavy atom. The molecule has 0 atom stereocenters. The number of nitrogens with one attached hydrogen (secondary N) is 1. The van der Waals surface area contributed by atoms with Crippen LogP contribution in [0.25, 0.3) is 0 Å². The Morgan fingerprint density at radius 2 is 1.71 bits per heavy atom. The molecule has 100 valence electrons. The van der Waals surface area contributed by atoms with E-state index < -0.39 is 0 Å². The first-order chi connectivity index (χ1) is 7.95. The van der Waals surface area contributed by atoms with E-state index >= 15 is 0 Å². The summed E-state index contributed by atoms with van der Waals surface area (Å²) in [6.45, 7) is 8.19. The highest BCUT2D eigenvalue weighted by molar-refractivity contribution is 4.94. The number of rotatable bonds is 4. The molecule has 0 amide bonds. The van der Waals surface area contributed by atoms with Crippen LogP contribution in [0.2, 0.25) is 0 Å². The zero-order chi connectivity index (χ0) is 12.5. The Morgan fingerprint density at radius 1 is 1.12 bits per heavy atom. The maximum atomic E-state index is 5.86. The van der Waals surface area contributed by atoms with Crippen LogP contribution >= 0.6 is 0 Å². The van der Waals surface area contributed by atoms with Gasteiger partial charge in [0.15, 0.2) is 0 Å². The summed E-state index contributed by atoms with van der Waals surface area (Å²) in [5.41, 5.74) is 0.591. The van der Waals surface area contributed by atoms with Crippen molar-refractivity contribution < 1.29 is 4.74 Å². The van der Waals surface area contributed by atoms with Crippen LogP contribution < -0.4 is 5.32 Å². The molecule has 0 spiro atoms. The van der Waals surface area contributed by atoms with Crippen LogP contribution in [0.4, 0.5) is 0 Å². The maximum absolute atomic E-state index is 5.86. The van der Waals surface area contributed by atoms with Gasteiger partial charge in [0.1, 0.15) is 0 Å². The van der Waals surface area contributed by atoms with Crippen LogP contribution in [0, 0.1) is 11.3 Å². The first-order valence-corrected chi connectivity index (χ1v) is 7.24. The average molecular weight is 239 g/mol. The normalized spacial score (nSPS) is 34.9. The van der Waals surface area contributed by atoms with E-state index in [1.54, 1.807) is 0 Å². The summed E-state index contributed by atoms with van der Waals surface area (Å²) in [6.07, 6.45) is 7.83. The number of ether oxygens (including phenoxy) is 1. The second kappa shape index (κ2) is 4.89. The summed E-state index contributed by atoms with van der Waals surface area (Å²) < 4.78 is 5.86. The van der Waals surface area contributed by atoms with E-state index in [0.717, 1.165) is 18.5 Å². The van der Waals surface area contributed by atoms with Crippen LogP contribution in [0.1, 0.15) is 59.3 Å². The molecule has 2 saturated carbocycles. The molecule has 2 rings (SSSR count). The van der Waals surface area contributed by atoms with Crippen LogP contribution in [0.3, 0.4) is 0 Å². The second-order valence-electron chi connectivity index (χ2n) is 7.18. The largest absolute Gasteiger partial charge is 0.377 e. The molecule has 2 heteroatoms. The van der Waals surface area contributed by atoms with E-state index in [2.05, 4.69) is 26.1 Å². The molecule has 0 radical (unpaired) electrons. The van der Waals surface area contributed by atoms with Crippen molar-refractivity contribution in [2.24, 2.45) is 11.3 Å². The van der Waals surface area contributed by atoms with Crippen molar-refractivity contribution in [1.82, 2.24) is 5.32 Å². The van der Waals surface area contributed by atoms with Crippen molar-refractivity contribution in [1.29, 1.82) is 0 Å². The van der Waals surface area contributed by atoms with E-state index in [4.69, 9.17) is 4.74 Å². The van der Waals surface area contributed by atoms with E-state index in [0.29, 0.717) is 5.41 Å². The van der Waals surface area contributed by atoms with Gasteiger partial charge in [0.05, 0.1) is 5.60 Å². The third-order valence-corrected chi connectivity index (χ3v) is 4.84. The van der Waals surface area contributed by atoms with Gasteiger partial charge in [-0.25, -0.2) is 0 Å². The van der Waals surface area contributed by atoms with Gasteiger partial charge in [0.2, 0.25) is 0 Å². The van der Waals surface area contributed by atoms with E-state index in [9.17, 15) is 0 Å². The van der Waals surface area contributed by atoms with E-state index in [1.165, 1.54) is 38.5 Å². The average Bonchev–Trinajstić information content (AvgIpc) is 3.09. The molecule has 0 aliphatic heterocycles. The minimum atomic E-state index is 0.129. The highest BCUT2D eigenvalue weighted by Gasteiger charge is 2.39. The van der Waals surface area contributed by atoms with Crippen molar-refractivity contribution in [2.75, 3.05) is 13.7 Å². The van der Waals surface area contributed by atoms with Crippen molar-refractivity contribution in [3.8, 4) is 0 Å². The Bertz CT molecular complexity index is 244. The Kier molecular flexibility index (Phi) is 3.84.